The SMILES string of the molecule is O=C(COc1ccc(Br)cc1Br)Nc1cc([N+](=O)[O-])ccc1F. The molecule has 0 saturated heterocycles. The Morgan fingerprint density at radius 3 is 2.65 bits per heavy atom. The van der Waals surface area contributed by atoms with E-state index in [1.807, 2.05) is 0 Å². The summed E-state index contributed by atoms with van der Waals surface area (Å²) in [4.78, 5) is 21.8. The van der Waals surface area contributed by atoms with Crippen molar-refractivity contribution in [1.82, 2.24) is 0 Å². The summed E-state index contributed by atoms with van der Waals surface area (Å²) in [7, 11) is 0. The van der Waals surface area contributed by atoms with Crippen LogP contribution in [0.1, 0.15) is 0 Å². The highest BCUT2D eigenvalue weighted by molar-refractivity contribution is 9.11. The Bertz CT molecular complexity index is 770. The highest BCUT2D eigenvalue weighted by Crippen LogP contribution is 2.28. The largest absolute Gasteiger partial charge is 0.483 e. The lowest BCUT2D eigenvalue weighted by Gasteiger charge is -2.09. The maximum Gasteiger partial charge on any atom is 0.271 e. The summed E-state index contributed by atoms with van der Waals surface area (Å²) in [5.74, 6) is -0.976. The number of hydrogen-bond acceptors (Lipinski definition) is 4. The molecule has 0 bridgehead atoms. The molecule has 2 rings (SSSR count). The molecule has 0 fully saturated rings. The molecule has 1 N–H and O–H groups in total. The summed E-state index contributed by atoms with van der Waals surface area (Å²) < 4.78 is 20.4. The van der Waals surface area contributed by atoms with Gasteiger partial charge >= 0.3 is 0 Å². The molecule has 1 amide bonds. The number of carbonyl (C=O) groups is 1. The van der Waals surface area contributed by atoms with Gasteiger partial charge in [0, 0.05) is 16.6 Å². The van der Waals surface area contributed by atoms with Gasteiger partial charge in [0.25, 0.3) is 11.6 Å². The monoisotopic (exact) mass is 446 g/mol. The molecule has 0 saturated carbocycles. The molecular formula is C14H9Br2FN2O4. The van der Waals surface area contributed by atoms with Crippen LogP contribution < -0.4 is 10.1 Å². The lowest BCUT2D eigenvalue weighted by molar-refractivity contribution is -0.384. The second-order valence-corrected chi connectivity index (χ2v) is 6.10. The first-order valence-electron chi connectivity index (χ1n) is 6.18. The van der Waals surface area contributed by atoms with E-state index >= 15 is 0 Å². The number of ether oxygens (including phenoxy) is 1. The molecule has 0 atom stereocenters. The predicted octanol–water partition coefficient (Wildman–Crippen LogP) is 4.28. The Kier molecular flexibility index (Phi) is 5.67. The number of nitro benzene ring substituents is 1. The Hall–Kier alpha value is -2.00. The van der Waals surface area contributed by atoms with Gasteiger partial charge in [0.1, 0.15) is 11.6 Å². The molecule has 120 valence electrons. The quantitative estimate of drug-likeness (QED) is 0.548. The topological polar surface area (TPSA) is 81.5 Å². The lowest BCUT2D eigenvalue weighted by atomic mass is 10.2. The van der Waals surface area contributed by atoms with Gasteiger partial charge in [0.15, 0.2) is 6.61 Å². The zero-order valence-electron chi connectivity index (χ0n) is 11.4. The van der Waals surface area contributed by atoms with Crippen LogP contribution in [0, 0.1) is 15.9 Å². The van der Waals surface area contributed by atoms with Crippen molar-refractivity contribution >= 4 is 49.1 Å². The zero-order valence-corrected chi connectivity index (χ0v) is 14.6. The Balaban J connectivity index is 2.02. The average Bonchev–Trinajstić information content (AvgIpc) is 2.48. The molecule has 6 nitrogen and oxygen atoms in total. The number of carbonyl (C=O) groups excluding carboxylic acids is 1. The number of non-ortho nitro benzene ring substituents is 1. The molecule has 2 aromatic carbocycles. The average molecular weight is 448 g/mol. The van der Waals surface area contributed by atoms with E-state index in [1.54, 1.807) is 18.2 Å². The van der Waals surface area contributed by atoms with E-state index < -0.39 is 16.6 Å². The third kappa shape index (κ3) is 4.73. The molecule has 0 spiro atoms. The van der Waals surface area contributed by atoms with Crippen molar-refractivity contribution in [3.63, 3.8) is 0 Å². The van der Waals surface area contributed by atoms with E-state index in [2.05, 4.69) is 37.2 Å². The molecule has 2 aromatic rings. The van der Waals surface area contributed by atoms with Crippen LogP contribution in [-0.2, 0) is 4.79 Å². The van der Waals surface area contributed by atoms with E-state index in [-0.39, 0.29) is 18.0 Å². The van der Waals surface area contributed by atoms with E-state index in [0.717, 1.165) is 22.7 Å². The fourth-order valence-electron chi connectivity index (χ4n) is 1.64. The standard InChI is InChI=1S/C14H9Br2FN2O4/c15-8-1-4-13(10(16)5-8)23-7-14(20)18-12-6-9(19(21)22)2-3-11(12)17/h1-6H,7H2,(H,18,20). The third-order valence-electron chi connectivity index (χ3n) is 2.69. The van der Waals surface area contributed by atoms with Gasteiger partial charge in [0.2, 0.25) is 0 Å². The van der Waals surface area contributed by atoms with Crippen molar-refractivity contribution in [3.8, 4) is 5.75 Å². The van der Waals surface area contributed by atoms with Gasteiger partial charge in [-0.2, -0.15) is 0 Å². The van der Waals surface area contributed by atoms with Gasteiger partial charge in [-0.3, -0.25) is 14.9 Å². The van der Waals surface area contributed by atoms with Crippen molar-refractivity contribution in [2.24, 2.45) is 0 Å². The van der Waals surface area contributed by atoms with Crippen LogP contribution in [0.15, 0.2) is 45.3 Å². The number of nitro groups is 1. The summed E-state index contributed by atoms with van der Waals surface area (Å²) in [5, 5.41) is 12.9. The Morgan fingerprint density at radius 1 is 1.26 bits per heavy atom. The molecular weight excluding hydrogens is 439 g/mol. The number of anilines is 1. The van der Waals surface area contributed by atoms with Crippen LogP contribution in [-0.4, -0.2) is 17.4 Å². The van der Waals surface area contributed by atoms with Crippen molar-refractivity contribution in [3.05, 3.63) is 61.3 Å². The summed E-state index contributed by atoms with van der Waals surface area (Å²) in [6.07, 6.45) is 0. The fourth-order valence-corrected chi connectivity index (χ4v) is 2.81. The van der Waals surface area contributed by atoms with Gasteiger partial charge < -0.3 is 10.1 Å². The number of amides is 1. The number of hydrogen-bond donors (Lipinski definition) is 1. The van der Waals surface area contributed by atoms with E-state index in [1.165, 1.54) is 0 Å². The van der Waals surface area contributed by atoms with Crippen molar-refractivity contribution in [1.29, 1.82) is 0 Å². The number of nitrogens with one attached hydrogen (secondary N) is 1. The summed E-state index contributed by atoms with van der Waals surface area (Å²) >= 11 is 6.56. The first kappa shape index (κ1) is 17.4. The van der Waals surface area contributed by atoms with Gasteiger partial charge in [0.05, 0.1) is 15.1 Å². The zero-order chi connectivity index (χ0) is 17.0. The number of rotatable bonds is 5. The van der Waals surface area contributed by atoms with Crippen LogP contribution in [0.3, 0.4) is 0 Å². The van der Waals surface area contributed by atoms with Gasteiger partial charge in [-0.15, -0.1) is 0 Å². The molecule has 0 aliphatic rings. The minimum Gasteiger partial charge on any atom is -0.483 e. The highest BCUT2D eigenvalue weighted by atomic mass is 79.9. The molecule has 0 heterocycles. The van der Waals surface area contributed by atoms with Crippen molar-refractivity contribution < 1.29 is 18.8 Å². The van der Waals surface area contributed by atoms with Crippen LogP contribution in [0.2, 0.25) is 0 Å². The van der Waals surface area contributed by atoms with E-state index in [0.29, 0.717) is 10.2 Å². The van der Waals surface area contributed by atoms with Crippen LogP contribution in [0.4, 0.5) is 15.8 Å². The molecule has 9 heteroatoms. The lowest BCUT2D eigenvalue weighted by Crippen LogP contribution is -2.21. The molecule has 0 aliphatic heterocycles. The predicted molar refractivity (Wildman–Crippen MR) is 89.0 cm³/mol. The fraction of sp³-hybridized carbons (Fsp3) is 0.0714. The second-order valence-electron chi connectivity index (χ2n) is 4.33. The van der Waals surface area contributed by atoms with Crippen molar-refractivity contribution in [2.75, 3.05) is 11.9 Å². The summed E-state index contributed by atoms with van der Waals surface area (Å²) in [6, 6.07) is 8.00. The van der Waals surface area contributed by atoms with E-state index in [9.17, 15) is 19.3 Å². The maximum absolute atomic E-state index is 13.6. The van der Waals surface area contributed by atoms with Gasteiger partial charge in [-0.1, -0.05) is 15.9 Å². The molecule has 0 aliphatic carbocycles. The third-order valence-corrected chi connectivity index (χ3v) is 3.80. The van der Waals surface area contributed by atoms with E-state index in [4.69, 9.17) is 4.74 Å². The van der Waals surface area contributed by atoms with Crippen LogP contribution in [0.5, 0.6) is 5.75 Å². The Morgan fingerprint density at radius 2 is 2.00 bits per heavy atom. The summed E-state index contributed by atoms with van der Waals surface area (Å²) in [5.41, 5.74) is -0.596. The smallest absolute Gasteiger partial charge is 0.271 e. The Labute approximate surface area is 147 Å². The molecule has 0 aromatic heterocycles. The van der Waals surface area contributed by atoms with Crippen LogP contribution >= 0.6 is 31.9 Å². The molecule has 23 heavy (non-hydrogen) atoms. The number of nitrogens with zero attached hydrogens (tertiary/aromatic N) is 1. The van der Waals surface area contributed by atoms with Gasteiger partial charge in [-0.05, 0) is 40.2 Å². The summed E-state index contributed by atoms with van der Waals surface area (Å²) in [6.45, 7) is -0.373. The van der Waals surface area contributed by atoms with Gasteiger partial charge in [-0.25, -0.2) is 4.39 Å². The maximum atomic E-state index is 13.6. The first-order valence-corrected chi connectivity index (χ1v) is 7.77. The minimum atomic E-state index is -0.770. The highest BCUT2D eigenvalue weighted by Gasteiger charge is 2.14. The second kappa shape index (κ2) is 7.51. The number of benzene rings is 2. The molecule has 0 radical (unpaired) electrons. The molecule has 0 unspecified atom stereocenters. The van der Waals surface area contributed by atoms with Crippen molar-refractivity contribution in [2.45, 2.75) is 0 Å². The minimum absolute atomic E-state index is 0.275. The first-order chi connectivity index (χ1) is 10.9. The normalized spacial score (nSPS) is 10.2. The number of halogens is 3. The van der Waals surface area contributed by atoms with Crippen LogP contribution in [0.25, 0.3) is 0 Å².